The fraction of sp³-hybridized carbons (Fsp3) is 0.833. The lowest BCUT2D eigenvalue weighted by Gasteiger charge is -2.21. The minimum absolute atomic E-state index is 0.268. The zero-order chi connectivity index (χ0) is 12.8. The van der Waals surface area contributed by atoms with Crippen molar-refractivity contribution in [3.8, 4) is 0 Å². The molecule has 17 heavy (non-hydrogen) atoms. The molecule has 0 aliphatic heterocycles. The van der Waals surface area contributed by atoms with E-state index in [0.717, 1.165) is 6.42 Å². The Balaban J connectivity index is 2.33. The SMILES string of the molecule is CCNC(=O)NC(=O)C(C)NC1CCCC1C. The normalized spacial score (nSPS) is 25.4. The number of imide groups is 1. The van der Waals surface area contributed by atoms with Gasteiger partial charge in [0, 0.05) is 12.6 Å². The first-order chi connectivity index (χ1) is 8.04. The van der Waals surface area contributed by atoms with Gasteiger partial charge in [-0.3, -0.25) is 10.1 Å². The summed E-state index contributed by atoms with van der Waals surface area (Å²) in [6.07, 6.45) is 3.53. The molecule has 0 saturated heterocycles. The summed E-state index contributed by atoms with van der Waals surface area (Å²) < 4.78 is 0. The van der Waals surface area contributed by atoms with Crippen molar-refractivity contribution in [2.24, 2.45) is 5.92 Å². The molecule has 0 aromatic rings. The summed E-state index contributed by atoms with van der Waals surface area (Å²) in [5, 5.41) is 8.14. The summed E-state index contributed by atoms with van der Waals surface area (Å²) in [5.74, 6) is 0.338. The van der Waals surface area contributed by atoms with Crippen LogP contribution in [0.3, 0.4) is 0 Å². The minimum Gasteiger partial charge on any atom is -0.338 e. The Kier molecular flexibility index (Phi) is 5.41. The fourth-order valence-corrected chi connectivity index (χ4v) is 2.21. The van der Waals surface area contributed by atoms with E-state index in [0.29, 0.717) is 18.5 Å². The largest absolute Gasteiger partial charge is 0.338 e. The van der Waals surface area contributed by atoms with Gasteiger partial charge in [-0.05, 0) is 32.6 Å². The molecule has 98 valence electrons. The van der Waals surface area contributed by atoms with Crippen LogP contribution in [0.2, 0.25) is 0 Å². The second-order valence-electron chi connectivity index (χ2n) is 4.75. The summed E-state index contributed by atoms with van der Waals surface area (Å²) >= 11 is 0. The van der Waals surface area contributed by atoms with Gasteiger partial charge in [-0.25, -0.2) is 4.79 Å². The number of urea groups is 1. The molecule has 1 saturated carbocycles. The highest BCUT2D eigenvalue weighted by Crippen LogP contribution is 2.24. The molecule has 1 aliphatic carbocycles. The number of carbonyl (C=O) groups excluding carboxylic acids is 2. The summed E-state index contributed by atoms with van der Waals surface area (Å²) in [4.78, 5) is 22.9. The number of nitrogens with one attached hydrogen (secondary N) is 3. The maximum atomic E-state index is 11.7. The molecule has 1 rings (SSSR count). The molecule has 3 unspecified atom stereocenters. The lowest BCUT2D eigenvalue weighted by molar-refractivity contribution is -0.121. The zero-order valence-electron chi connectivity index (χ0n) is 10.9. The third-order valence-electron chi connectivity index (χ3n) is 3.29. The second kappa shape index (κ2) is 6.59. The van der Waals surface area contributed by atoms with Crippen molar-refractivity contribution in [3.05, 3.63) is 0 Å². The number of rotatable bonds is 4. The van der Waals surface area contributed by atoms with E-state index >= 15 is 0 Å². The molecule has 3 amide bonds. The first-order valence-electron chi connectivity index (χ1n) is 6.39. The zero-order valence-corrected chi connectivity index (χ0v) is 10.9. The van der Waals surface area contributed by atoms with E-state index in [2.05, 4.69) is 22.9 Å². The van der Waals surface area contributed by atoms with Gasteiger partial charge in [0.05, 0.1) is 6.04 Å². The van der Waals surface area contributed by atoms with Crippen LogP contribution in [0.1, 0.15) is 40.0 Å². The Morgan fingerprint density at radius 3 is 2.59 bits per heavy atom. The van der Waals surface area contributed by atoms with Crippen molar-refractivity contribution >= 4 is 11.9 Å². The molecule has 0 aromatic heterocycles. The van der Waals surface area contributed by atoms with E-state index < -0.39 is 6.03 Å². The van der Waals surface area contributed by atoms with Crippen LogP contribution in [-0.2, 0) is 4.79 Å². The van der Waals surface area contributed by atoms with Gasteiger partial charge in [-0.1, -0.05) is 13.3 Å². The lowest BCUT2D eigenvalue weighted by atomic mass is 10.1. The number of carbonyl (C=O) groups is 2. The van der Waals surface area contributed by atoms with Crippen molar-refractivity contribution < 1.29 is 9.59 Å². The van der Waals surface area contributed by atoms with E-state index in [1.807, 2.05) is 6.92 Å². The van der Waals surface area contributed by atoms with Crippen molar-refractivity contribution in [1.29, 1.82) is 0 Å². The maximum absolute atomic E-state index is 11.7. The Bertz CT molecular complexity index is 281. The van der Waals surface area contributed by atoms with E-state index in [1.165, 1.54) is 12.8 Å². The molecule has 0 aromatic carbocycles. The van der Waals surface area contributed by atoms with Crippen LogP contribution >= 0.6 is 0 Å². The van der Waals surface area contributed by atoms with Gasteiger partial charge in [-0.15, -0.1) is 0 Å². The van der Waals surface area contributed by atoms with E-state index in [-0.39, 0.29) is 11.9 Å². The van der Waals surface area contributed by atoms with Crippen LogP contribution in [0.15, 0.2) is 0 Å². The van der Waals surface area contributed by atoms with Gasteiger partial charge in [0.15, 0.2) is 0 Å². The van der Waals surface area contributed by atoms with Crippen molar-refractivity contribution in [2.75, 3.05) is 6.54 Å². The summed E-state index contributed by atoms with van der Waals surface area (Å²) in [7, 11) is 0. The first kappa shape index (κ1) is 14.0. The molecule has 0 radical (unpaired) electrons. The highest BCUT2D eigenvalue weighted by atomic mass is 16.2. The van der Waals surface area contributed by atoms with Crippen LogP contribution in [0.25, 0.3) is 0 Å². The fourth-order valence-electron chi connectivity index (χ4n) is 2.21. The molecular weight excluding hydrogens is 218 g/mol. The average molecular weight is 241 g/mol. The van der Waals surface area contributed by atoms with Gasteiger partial charge < -0.3 is 10.6 Å². The van der Waals surface area contributed by atoms with E-state index in [1.54, 1.807) is 6.92 Å². The standard InChI is InChI=1S/C12H23N3O2/c1-4-13-12(17)15-11(16)9(3)14-10-7-5-6-8(10)2/h8-10,14H,4-7H2,1-3H3,(H2,13,15,16,17). The van der Waals surface area contributed by atoms with Crippen LogP contribution in [0, 0.1) is 5.92 Å². The molecule has 5 nitrogen and oxygen atoms in total. The van der Waals surface area contributed by atoms with Gasteiger partial charge >= 0.3 is 6.03 Å². The number of hydrogen-bond donors (Lipinski definition) is 3. The molecule has 0 bridgehead atoms. The monoisotopic (exact) mass is 241 g/mol. The summed E-state index contributed by atoms with van der Waals surface area (Å²) in [6.45, 7) is 6.31. The molecule has 3 atom stereocenters. The van der Waals surface area contributed by atoms with Crippen molar-refractivity contribution in [3.63, 3.8) is 0 Å². The van der Waals surface area contributed by atoms with Gasteiger partial charge in [-0.2, -0.15) is 0 Å². The van der Waals surface area contributed by atoms with Crippen LogP contribution in [-0.4, -0.2) is 30.6 Å². The highest BCUT2D eigenvalue weighted by Gasteiger charge is 2.26. The van der Waals surface area contributed by atoms with Gasteiger partial charge in [0.25, 0.3) is 0 Å². The average Bonchev–Trinajstić information content (AvgIpc) is 2.64. The molecule has 5 heteroatoms. The van der Waals surface area contributed by atoms with Crippen LogP contribution in [0.4, 0.5) is 4.79 Å². The smallest absolute Gasteiger partial charge is 0.321 e. The third kappa shape index (κ3) is 4.34. The summed E-state index contributed by atoms with van der Waals surface area (Å²) in [5.41, 5.74) is 0. The molecule has 1 aliphatic rings. The van der Waals surface area contributed by atoms with Gasteiger partial charge in [0.2, 0.25) is 5.91 Å². The van der Waals surface area contributed by atoms with Gasteiger partial charge in [0.1, 0.15) is 0 Å². The van der Waals surface area contributed by atoms with E-state index in [9.17, 15) is 9.59 Å². The quantitative estimate of drug-likeness (QED) is 0.687. The molecule has 1 fully saturated rings. The molecule has 0 spiro atoms. The Labute approximate surface area is 103 Å². The Morgan fingerprint density at radius 2 is 2.06 bits per heavy atom. The highest BCUT2D eigenvalue weighted by molar-refractivity contribution is 5.96. The Hall–Kier alpha value is -1.10. The second-order valence-corrected chi connectivity index (χ2v) is 4.75. The first-order valence-corrected chi connectivity index (χ1v) is 6.39. The molecule has 3 N–H and O–H groups in total. The predicted molar refractivity (Wildman–Crippen MR) is 66.6 cm³/mol. The topological polar surface area (TPSA) is 70.2 Å². The third-order valence-corrected chi connectivity index (χ3v) is 3.29. The molecular formula is C12H23N3O2. The van der Waals surface area contributed by atoms with E-state index in [4.69, 9.17) is 0 Å². The lowest BCUT2D eigenvalue weighted by Crippen LogP contribution is -2.51. The predicted octanol–water partition coefficient (Wildman–Crippen LogP) is 0.999. The maximum Gasteiger partial charge on any atom is 0.321 e. The number of amides is 3. The van der Waals surface area contributed by atoms with Crippen molar-refractivity contribution in [2.45, 2.75) is 52.1 Å². The summed E-state index contributed by atoms with van der Waals surface area (Å²) in [6, 6.07) is -0.362. The van der Waals surface area contributed by atoms with Crippen molar-refractivity contribution in [1.82, 2.24) is 16.0 Å². The number of hydrogen-bond acceptors (Lipinski definition) is 3. The molecule has 0 heterocycles. The Morgan fingerprint density at radius 1 is 1.35 bits per heavy atom. The van der Waals surface area contributed by atoms with Crippen LogP contribution < -0.4 is 16.0 Å². The minimum atomic E-state index is -0.425. The van der Waals surface area contributed by atoms with Crippen LogP contribution in [0.5, 0.6) is 0 Å².